The quantitative estimate of drug-likeness (QED) is 0.215. The minimum atomic E-state index is 0.0418. The van der Waals surface area contributed by atoms with E-state index in [1.165, 1.54) is 61.5 Å². The summed E-state index contributed by atoms with van der Waals surface area (Å²) in [6, 6.07) is 30.1. The van der Waals surface area contributed by atoms with E-state index in [0.29, 0.717) is 12.0 Å². The summed E-state index contributed by atoms with van der Waals surface area (Å²) in [6.07, 6.45) is 20.4. The second kappa shape index (κ2) is 9.32. The highest BCUT2D eigenvalue weighted by molar-refractivity contribution is 6.32. The molecular formula is C45H38N4. The van der Waals surface area contributed by atoms with E-state index in [4.69, 9.17) is 4.99 Å². The van der Waals surface area contributed by atoms with Gasteiger partial charge in [-0.2, -0.15) is 0 Å². The van der Waals surface area contributed by atoms with Gasteiger partial charge in [-0.3, -0.25) is 0 Å². The summed E-state index contributed by atoms with van der Waals surface area (Å²) in [5, 5.41) is 4.12. The number of anilines is 1. The number of nitrogens with zero attached hydrogens (tertiary/aromatic N) is 4. The van der Waals surface area contributed by atoms with Crippen LogP contribution in [0.2, 0.25) is 0 Å². The van der Waals surface area contributed by atoms with Crippen LogP contribution in [0.4, 0.5) is 5.69 Å². The number of fused-ring (bicyclic) bond motifs is 10. The lowest BCUT2D eigenvalue weighted by Gasteiger charge is -2.46. The zero-order valence-electron chi connectivity index (χ0n) is 27.8. The molecule has 4 aliphatic carbocycles. The fraction of sp³-hybridized carbons (Fsp3) is 0.267. The second-order valence-corrected chi connectivity index (χ2v) is 15.5. The van der Waals surface area contributed by atoms with Crippen LogP contribution in [0.15, 0.2) is 136 Å². The fourth-order valence-electron chi connectivity index (χ4n) is 10.9. The van der Waals surface area contributed by atoms with E-state index in [9.17, 15) is 0 Å². The van der Waals surface area contributed by atoms with E-state index in [1.807, 2.05) is 0 Å². The third-order valence-electron chi connectivity index (χ3n) is 12.8. The number of benzene rings is 3. The molecule has 1 aromatic heterocycles. The number of aliphatic imine (C=N–C) groups is 1. The highest BCUT2D eigenvalue weighted by Crippen LogP contribution is 2.69. The van der Waals surface area contributed by atoms with Gasteiger partial charge in [0.25, 0.3) is 0 Å². The molecule has 3 unspecified atom stereocenters. The van der Waals surface area contributed by atoms with Gasteiger partial charge in [-0.15, -0.1) is 0 Å². The maximum Gasteiger partial charge on any atom is 0.143 e. The van der Waals surface area contributed by atoms with Crippen LogP contribution in [0.25, 0.3) is 28.8 Å². The number of allylic oxidation sites excluding steroid dienone is 5. The SMILES string of the molecule is CC1C=C2C3=NC4=C(C=CCC4N3c3ccccc3)C3=C4C(=CCC3)[C@H]3C=c5ccccc5=CN3C[C@]43CC3n3c2c(c2ccccc23)C1. The summed E-state index contributed by atoms with van der Waals surface area (Å²) >= 11 is 0. The van der Waals surface area contributed by atoms with Crippen molar-refractivity contribution in [2.45, 2.75) is 57.2 Å². The van der Waals surface area contributed by atoms with Gasteiger partial charge in [0, 0.05) is 51.9 Å². The lowest BCUT2D eigenvalue weighted by atomic mass is 9.70. The fourth-order valence-corrected chi connectivity index (χ4v) is 10.9. The van der Waals surface area contributed by atoms with E-state index in [0.717, 1.165) is 38.1 Å². The first-order valence-corrected chi connectivity index (χ1v) is 18.3. The minimum Gasteiger partial charge on any atom is -0.365 e. The molecule has 2 fully saturated rings. The molecule has 4 aromatic rings. The van der Waals surface area contributed by atoms with Gasteiger partial charge in [0.15, 0.2) is 0 Å². The number of hydrogen-bond acceptors (Lipinski definition) is 3. The number of amidine groups is 1. The van der Waals surface area contributed by atoms with Crippen molar-refractivity contribution in [1.82, 2.24) is 9.47 Å². The second-order valence-electron chi connectivity index (χ2n) is 15.5. The van der Waals surface area contributed by atoms with Gasteiger partial charge in [-0.1, -0.05) is 91.9 Å². The van der Waals surface area contributed by atoms with E-state index < -0.39 is 0 Å². The molecule has 0 radical (unpaired) electrons. The van der Waals surface area contributed by atoms with Gasteiger partial charge in [0.1, 0.15) is 5.84 Å². The van der Waals surface area contributed by atoms with Gasteiger partial charge in [0.2, 0.25) is 0 Å². The molecule has 4 bridgehead atoms. The Labute approximate surface area is 286 Å². The number of piperidine rings is 1. The number of hydrogen-bond donors (Lipinski definition) is 0. The average Bonchev–Trinajstić information content (AvgIpc) is 3.53. The molecule has 238 valence electrons. The van der Waals surface area contributed by atoms with Crippen molar-refractivity contribution in [3.63, 3.8) is 0 Å². The van der Waals surface area contributed by atoms with Crippen molar-refractivity contribution >= 4 is 40.3 Å². The maximum atomic E-state index is 5.81. The molecule has 12 rings (SSSR count). The summed E-state index contributed by atoms with van der Waals surface area (Å²) in [6.45, 7) is 3.44. The molecule has 0 N–H and O–H groups in total. The molecule has 1 saturated carbocycles. The molecular weight excluding hydrogens is 597 g/mol. The van der Waals surface area contributed by atoms with Gasteiger partial charge in [0.05, 0.1) is 23.5 Å². The van der Waals surface area contributed by atoms with Crippen molar-refractivity contribution in [1.29, 1.82) is 0 Å². The van der Waals surface area contributed by atoms with Crippen LogP contribution in [-0.2, 0) is 6.42 Å². The van der Waals surface area contributed by atoms with Crippen LogP contribution in [-0.4, -0.2) is 33.9 Å². The molecule has 5 heterocycles. The molecule has 1 saturated heterocycles. The van der Waals surface area contributed by atoms with Crippen LogP contribution in [0.5, 0.6) is 0 Å². The van der Waals surface area contributed by atoms with E-state index in [2.05, 4.69) is 137 Å². The van der Waals surface area contributed by atoms with Crippen molar-refractivity contribution in [2.75, 3.05) is 11.4 Å². The molecule has 49 heavy (non-hydrogen) atoms. The van der Waals surface area contributed by atoms with E-state index >= 15 is 0 Å². The third kappa shape index (κ3) is 3.42. The number of para-hydroxylation sites is 2. The zero-order valence-corrected chi connectivity index (χ0v) is 27.8. The van der Waals surface area contributed by atoms with Crippen molar-refractivity contribution in [2.24, 2.45) is 16.3 Å². The largest absolute Gasteiger partial charge is 0.365 e. The monoisotopic (exact) mass is 634 g/mol. The molecule has 0 amide bonds. The van der Waals surface area contributed by atoms with Gasteiger partial charge in [-0.05, 0) is 95.0 Å². The normalized spacial score (nSPS) is 29.7. The Morgan fingerprint density at radius 2 is 1.73 bits per heavy atom. The smallest absolute Gasteiger partial charge is 0.143 e. The third-order valence-corrected chi connectivity index (χ3v) is 12.8. The summed E-state index contributed by atoms with van der Waals surface area (Å²) in [5.74, 6) is 1.57. The van der Waals surface area contributed by atoms with Crippen molar-refractivity contribution in [3.05, 3.63) is 153 Å². The van der Waals surface area contributed by atoms with Crippen LogP contribution in [0.1, 0.15) is 49.9 Å². The molecule has 4 nitrogen and oxygen atoms in total. The zero-order chi connectivity index (χ0) is 32.0. The Kier molecular flexibility index (Phi) is 5.10. The molecule has 1 spiro atoms. The standard InChI is InChI=1S/C45H38N4/c1-27-21-35-31-15-7-8-19-37(31)49-40-24-45(40)26-47-25-29-12-6-5-11-28(29)23-39(47)34-18-9-16-32(41(34)45)33-17-10-20-38-42(33)46-44(36(22-27)43(35)49)48(38)30-13-3-2-4-14-30/h2-8,10-15,17-19,22-23,25,27,38-40H,9,16,20-21,24,26H2,1H3/t27?,38?,39-,40?,45+/m1/s1. The lowest BCUT2D eigenvalue weighted by molar-refractivity contribution is 0.280. The Balaban J connectivity index is 1.20. The molecule has 4 aliphatic heterocycles. The summed E-state index contributed by atoms with van der Waals surface area (Å²) < 4.78 is 2.81. The molecule has 4 heteroatoms. The van der Waals surface area contributed by atoms with Crippen molar-refractivity contribution in [3.8, 4) is 0 Å². The Morgan fingerprint density at radius 3 is 2.65 bits per heavy atom. The highest BCUT2D eigenvalue weighted by atomic mass is 15.3. The van der Waals surface area contributed by atoms with Crippen LogP contribution in [0.3, 0.4) is 0 Å². The van der Waals surface area contributed by atoms with Crippen LogP contribution in [0, 0.1) is 11.3 Å². The Bertz CT molecular complexity index is 2500. The first kappa shape index (κ1) is 26.8. The summed E-state index contributed by atoms with van der Waals surface area (Å²) in [4.78, 5) is 11.1. The van der Waals surface area contributed by atoms with E-state index in [1.54, 1.807) is 16.7 Å². The van der Waals surface area contributed by atoms with Crippen molar-refractivity contribution < 1.29 is 0 Å². The van der Waals surface area contributed by atoms with Crippen LogP contribution < -0.4 is 15.3 Å². The highest BCUT2D eigenvalue weighted by Gasteiger charge is 2.64. The van der Waals surface area contributed by atoms with Crippen LogP contribution >= 0.6 is 0 Å². The maximum absolute atomic E-state index is 5.81. The van der Waals surface area contributed by atoms with Gasteiger partial charge >= 0.3 is 0 Å². The lowest BCUT2D eigenvalue weighted by Crippen LogP contribution is -2.50. The molecule has 8 aliphatic rings. The topological polar surface area (TPSA) is 23.8 Å². The summed E-state index contributed by atoms with van der Waals surface area (Å²) in [7, 11) is 0. The molecule has 5 atom stereocenters. The number of rotatable bonds is 1. The predicted molar refractivity (Wildman–Crippen MR) is 199 cm³/mol. The predicted octanol–water partition coefficient (Wildman–Crippen LogP) is 7.60. The van der Waals surface area contributed by atoms with Gasteiger partial charge in [-0.25, -0.2) is 4.99 Å². The first-order chi connectivity index (χ1) is 24.2. The summed E-state index contributed by atoms with van der Waals surface area (Å²) in [5.41, 5.74) is 14.3. The minimum absolute atomic E-state index is 0.0418. The Morgan fingerprint density at radius 1 is 0.898 bits per heavy atom. The Hall–Kier alpha value is -5.09. The molecule has 3 aromatic carbocycles. The first-order valence-electron chi connectivity index (χ1n) is 18.3. The number of aromatic nitrogens is 1. The van der Waals surface area contributed by atoms with Gasteiger partial charge < -0.3 is 14.4 Å². The average molecular weight is 635 g/mol. The van der Waals surface area contributed by atoms with E-state index in [-0.39, 0.29) is 17.5 Å².